The van der Waals surface area contributed by atoms with E-state index < -0.39 is 12.0 Å². The van der Waals surface area contributed by atoms with E-state index in [1.807, 2.05) is 0 Å². The summed E-state index contributed by atoms with van der Waals surface area (Å²) in [5.74, 6) is -1.34. The minimum Gasteiger partial charge on any atom is -0.480 e. The average Bonchev–Trinajstić information content (AvgIpc) is 2.38. The zero-order valence-corrected chi connectivity index (χ0v) is 10.00. The molecule has 0 bridgehead atoms. The van der Waals surface area contributed by atoms with Crippen LogP contribution in [0.1, 0.15) is 16.1 Å². The number of nitrogens with zero attached hydrogens (tertiary/aromatic N) is 2. The minimum atomic E-state index is -1.05. The van der Waals surface area contributed by atoms with Crippen LogP contribution in [-0.4, -0.2) is 52.7 Å². The van der Waals surface area contributed by atoms with Gasteiger partial charge in [0.1, 0.15) is 0 Å². The number of ether oxygens (including phenoxy) is 1. The molecule has 0 aliphatic carbocycles. The smallest absolute Gasteiger partial charge is 0.328 e. The number of amides is 1. The molecule has 96 valence electrons. The Bertz CT molecular complexity index is 475. The van der Waals surface area contributed by atoms with Crippen LogP contribution in [0.3, 0.4) is 0 Å². The number of rotatable bonds is 2. The number of pyridine rings is 1. The van der Waals surface area contributed by atoms with Crippen molar-refractivity contribution < 1.29 is 19.4 Å². The number of carboxylic acid groups (broad SMARTS) is 1. The molecular weight excluding hydrogens is 236 g/mol. The predicted molar refractivity (Wildman–Crippen MR) is 62.3 cm³/mol. The maximum absolute atomic E-state index is 12.2. The Morgan fingerprint density at radius 1 is 1.56 bits per heavy atom. The van der Waals surface area contributed by atoms with Crippen LogP contribution in [0.5, 0.6) is 0 Å². The van der Waals surface area contributed by atoms with Crippen LogP contribution in [0, 0.1) is 6.92 Å². The van der Waals surface area contributed by atoms with Gasteiger partial charge in [-0.05, 0) is 19.1 Å². The van der Waals surface area contributed by atoms with E-state index in [4.69, 9.17) is 9.84 Å². The van der Waals surface area contributed by atoms with Crippen molar-refractivity contribution in [1.82, 2.24) is 9.88 Å². The predicted octanol–water partition coefficient (Wildman–Crippen LogP) is 0.316. The molecule has 6 nitrogen and oxygen atoms in total. The fourth-order valence-electron chi connectivity index (χ4n) is 1.90. The molecule has 2 heterocycles. The number of aliphatic carboxylic acids is 1. The van der Waals surface area contributed by atoms with E-state index >= 15 is 0 Å². The summed E-state index contributed by atoms with van der Waals surface area (Å²) >= 11 is 0. The molecule has 1 saturated heterocycles. The molecule has 1 atom stereocenters. The Kier molecular flexibility index (Phi) is 3.57. The number of morpholine rings is 1. The second-order valence-electron chi connectivity index (χ2n) is 4.11. The van der Waals surface area contributed by atoms with Gasteiger partial charge in [-0.25, -0.2) is 4.79 Å². The standard InChI is InChI=1S/C12H14N2O4/c1-8-6-9(2-3-13-8)11(15)14-4-5-18-7-10(14)12(16)17/h2-3,6,10H,4-5,7H2,1H3,(H,16,17). The highest BCUT2D eigenvalue weighted by Crippen LogP contribution is 2.13. The lowest BCUT2D eigenvalue weighted by molar-refractivity contribution is -0.147. The van der Waals surface area contributed by atoms with Crippen molar-refractivity contribution in [2.45, 2.75) is 13.0 Å². The lowest BCUT2D eigenvalue weighted by Gasteiger charge is -2.32. The van der Waals surface area contributed by atoms with Crippen molar-refractivity contribution in [1.29, 1.82) is 0 Å². The molecule has 1 aliphatic rings. The molecule has 1 unspecified atom stereocenters. The summed E-state index contributed by atoms with van der Waals surface area (Å²) < 4.78 is 5.10. The quantitative estimate of drug-likeness (QED) is 0.817. The Hall–Kier alpha value is -1.95. The molecule has 1 amide bonds. The largest absolute Gasteiger partial charge is 0.480 e. The number of carbonyl (C=O) groups is 2. The maximum Gasteiger partial charge on any atom is 0.328 e. The lowest BCUT2D eigenvalue weighted by Crippen LogP contribution is -2.52. The second-order valence-corrected chi connectivity index (χ2v) is 4.11. The van der Waals surface area contributed by atoms with Crippen LogP contribution in [0.4, 0.5) is 0 Å². The van der Waals surface area contributed by atoms with Crippen molar-refractivity contribution in [2.24, 2.45) is 0 Å². The molecule has 1 N–H and O–H groups in total. The third kappa shape index (κ3) is 2.48. The molecule has 6 heteroatoms. The van der Waals surface area contributed by atoms with Gasteiger partial charge < -0.3 is 14.7 Å². The molecule has 0 saturated carbocycles. The van der Waals surface area contributed by atoms with Gasteiger partial charge in [0.25, 0.3) is 5.91 Å². The second kappa shape index (κ2) is 5.14. The first kappa shape index (κ1) is 12.5. The van der Waals surface area contributed by atoms with Gasteiger partial charge in [0.05, 0.1) is 13.2 Å². The molecule has 0 radical (unpaired) electrons. The minimum absolute atomic E-state index is 0.0329. The molecule has 1 fully saturated rings. The highest BCUT2D eigenvalue weighted by atomic mass is 16.5. The number of carbonyl (C=O) groups excluding carboxylic acids is 1. The first-order valence-electron chi connectivity index (χ1n) is 5.64. The zero-order chi connectivity index (χ0) is 13.1. The number of hydrogen-bond donors (Lipinski definition) is 1. The van der Waals surface area contributed by atoms with E-state index in [2.05, 4.69) is 4.98 Å². The molecule has 1 aromatic rings. The van der Waals surface area contributed by atoms with Gasteiger partial charge in [-0.3, -0.25) is 9.78 Å². The van der Waals surface area contributed by atoms with Gasteiger partial charge in [0.15, 0.2) is 6.04 Å². The first-order chi connectivity index (χ1) is 8.59. The van der Waals surface area contributed by atoms with Gasteiger partial charge in [0, 0.05) is 24.0 Å². The normalized spacial score (nSPS) is 19.6. The monoisotopic (exact) mass is 250 g/mol. The zero-order valence-electron chi connectivity index (χ0n) is 10.00. The fourth-order valence-corrected chi connectivity index (χ4v) is 1.90. The van der Waals surface area contributed by atoms with Gasteiger partial charge in [0.2, 0.25) is 0 Å². The van der Waals surface area contributed by atoms with Crippen molar-refractivity contribution in [3.05, 3.63) is 29.6 Å². The van der Waals surface area contributed by atoms with Gasteiger partial charge in [-0.2, -0.15) is 0 Å². The molecule has 1 aliphatic heterocycles. The molecular formula is C12H14N2O4. The van der Waals surface area contributed by atoms with Gasteiger partial charge in [-0.15, -0.1) is 0 Å². The van der Waals surface area contributed by atoms with E-state index in [0.29, 0.717) is 12.2 Å². The summed E-state index contributed by atoms with van der Waals surface area (Å²) in [4.78, 5) is 28.7. The van der Waals surface area contributed by atoms with Crippen LogP contribution in [-0.2, 0) is 9.53 Å². The Balaban J connectivity index is 2.23. The van der Waals surface area contributed by atoms with Crippen LogP contribution in [0.15, 0.2) is 18.3 Å². The molecule has 2 rings (SSSR count). The van der Waals surface area contributed by atoms with E-state index in [1.165, 1.54) is 4.90 Å². The molecule has 1 aromatic heterocycles. The van der Waals surface area contributed by atoms with Crippen LogP contribution >= 0.6 is 0 Å². The summed E-state index contributed by atoms with van der Waals surface area (Å²) in [6, 6.07) is 2.32. The average molecular weight is 250 g/mol. The van der Waals surface area contributed by atoms with Crippen LogP contribution in [0.2, 0.25) is 0 Å². The maximum atomic E-state index is 12.2. The Morgan fingerprint density at radius 3 is 3.00 bits per heavy atom. The highest BCUT2D eigenvalue weighted by Gasteiger charge is 2.33. The third-order valence-corrected chi connectivity index (χ3v) is 2.82. The van der Waals surface area contributed by atoms with Gasteiger partial charge >= 0.3 is 5.97 Å². The molecule has 0 aromatic carbocycles. The summed E-state index contributed by atoms with van der Waals surface area (Å²) in [7, 11) is 0. The summed E-state index contributed by atoms with van der Waals surface area (Å²) in [6.45, 7) is 2.46. The van der Waals surface area contributed by atoms with Crippen molar-refractivity contribution in [3.8, 4) is 0 Å². The SMILES string of the molecule is Cc1cc(C(=O)N2CCOCC2C(=O)O)ccn1. The summed E-state index contributed by atoms with van der Waals surface area (Å²) in [6.07, 6.45) is 1.54. The Morgan fingerprint density at radius 2 is 2.33 bits per heavy atom. The number of carboxylic acids is 1. The van der Waals surface area contributed by atoms with E-state index in [1.54, 1.807) is 25.3 Å². The van der Waals surface area contributed by atoms with Crippen LogP contribution < -0.4 is 0 Å². The highest BCUT2D eigenvalue weighted by molar-refractivity contribution is 5.96. The van der Waals surface area contributed by atoms with E-state index in [0.717, 1.165) is 5.69 Å². The van der Waals surface area contributed by atoms with E-state index in [9.17, 15) is 9.59 Å². The fraction of sp³-hybridized carbons (Fsp3) is 0.417. The first-order valence-corrected chi connectivity index (χ1v) is 5.64. The van der Waals surface area contributed by atoms with Crippen molar-refractivity contribution in [3.63, 3.8) is 0 Å². The summed E-state index contributed by atoms with van der Waals surface area (Å²) in [5.41, 5.74) is 1.18. The number of hydrogen-bond acceptors (Lipinski definition) is 4. The number of aromatic nitrogens is 1. The van der Waals surface area contributed by atoms with Crippen LogP contribution in [0.25, 0.3) is 0 Å². The molecule has 18 heavy (non-hydrogen) atoms. The van der Waals surface area contributed by atoms with Gasteiger partial charge in [-0.1, -0.05) is 0 Å². The number of aryl methyl sites for hydroxylation is 1. The van der Waals surface area contributed by atoms with E-state index in [-0.39, 0.29) is 19.1 Å². The Labute approximate surface area is 104 Å². The molecule has 0 spiro atoms. The summed E-state index contributed by atoms with van der Waals surface area (Å²) in [5, 5.41) is 9.07. The third-order valence-electron chi connectivity index (χ3n) is 2.82. The topological polar surface area (TPSA) is 79.7 Å². The van der Waals surface area contributed by atoms with Crippen molar-refractivity contribution in [2.75, 3.05) is 19.8 Å². The van der Waals surface area contributed by atoms with Crippen molar-refractivity contribution >= 4 is 11.9 Å². The lowest BCUT2D eigenvalue weighted by atomic mass is 10.1.